The number of rotatable bonds is 3. The molecule has 3 rings (SSSR count). The molecule has 23 heavy (non-hydrogen) atoms. The van der Waals surface area contributed by atoms with Crippen molar-refractivity contribution in [1.82, 2.24) is 9.97 Å². The summed E-state index contributed by atoms with van der Waals surface area (Å²) in [7, 11) is 0. The van der Waals surface area contributed by atoms with E-state index >= 15 is 0 Å². The van der Waals surface area contributed by atoms with Gasteiger partial charge in [0.15, 0.2) is 0 Å². The Hall–Kier alpha value is -2.27. The van der Waals surface area contributed by atoms with Gasteiger partial charge in [-0.1, -0.05) is 23.7 Å². The standard InChI is InChI=1S/C17H17ClN4O/c1-10-8-11(2)20-17(19-10)22-16(23)15(12(3)21-22)9-13-4-6-14(18)7-5-13/h4-8,15H,9H2,1-3H3/t15-/m0/s1. The molecule has 0 radical (unpaired) electrons. The average molecular weight is 329 g/mol. The minimum absolute atomic E-state index is 0.0950. The predicted octanol–water partition coefficient (Wildman–Crippen LogP) is 3.33. The van der Waals surface area contributed by atoms with Gasteiger partial charge in [0, 0.05) is 22.1 Å². The maximum absolute atomic E-state index is 12.7. The summed E-state index contributed by atoms with van der Waals surface area (Å²) in [6, 6.07) is 9.38. The fraction of sp³-hybridized carbons (Fsp3) is 0.294. The van der Waals surface area contributed by atoms with Crippen molar-refractivity contribution in [2.24, 2.45) is 11.0 Å². The number of halogens is 1. The number of amides is 1. The number of benzene rings is 1. The number of carbonyl (C=O) groups excluding carboxylic acids is 1. The van der Waals surface area contributed by atoms with Crippen molar-refractivity contribution in [1.29, 1.82) is 0 Å². The molecule has 2 aromatic rings. The lowest BCUT2D eigenvalue weighted by Gasteiger charge is -2.13. The Kier molecular flexibility index (Phi) is 4.13. The van der Waals surface area contributed by atoms with E-state index in [2.05, 4.69) is 15.1 Å². The third-order valence-corrected chi connectivity index (χ3v) is 4.03. The number of anilines is 1. The summed E-state index contributed by atoms with van der Waals surface area (Å²) < 4.78 is 0. The second-order valence-electron chi connectivity index (χ2n) is 5.73. The number of nitrogens with zero attached hydrogens (tertiary/aromatic N) is 4. The van der Waals surface area contributed by atoms with E-state index in [1.54, 1.807) is 0 Å². The highest BCUT2D eigenvalue weighted by Crippen LogP contribution is 2.24. The van der Waals surface area contributed by atoms with Crippen molar-refractivity contribution < 1.29 is 4.79 Å². The number of hydrogen-bond donors (Lipinski definition) is 0. The molecule has 0 unspecified atom stereocenters. The summed E-state index contributed by atoms with van der Waals surface area (Å²) in [6.07, 6.45) is 0.590. The van der Waals surface area contributed by atoms with E-state index in [-0.39, 0.29) is 11.8 Å². The van der Waals surface area contributed by atoms with Crippen molar-refractivity contribution >= 4 is 29.2 Å². The van der Waals surface area contributed by atoms with Crippen LogP contribution in [0.4, 0.5) is 5.95 Å². The fourth-order valence-corrected chi connectivity index (χ4v) is 2.77. The Morgan fingerprint density at radius 3 is 2.30 bits per heavy atom. The summed E-state index contributed by atoms with van der Waals surface area (Å²) in [5.41, 5.74) is 3.45. The molecule has 6 heteroatoms. The van der Waals surface area contributed by atoms with Crippen LogP contribution in [0.3, 0.4) is 0 Å². The van der Waals surface area contributed by atoms with E-state index in [4.69, 9.17) is 11.6 Å². The Morgan fingerprint density at radius 1 is 1.09 bits per heavy atom. The molecule has 2 heterocycles. The number of aryl methyl sites for hydroxylation is 2. The van der Waals surface area contributed by atoms with Gasteiger partial charge in [-0.2, -0.15) is 10.1 Å². The molecule has 1 atom stereocenters. The molecule has 0 fully saturated rings. The molecular weight excluding hydrogens is 312 g/mol. The van der Waals surface area contributed by atoms with E-state index in [1.165, 1.54) is 5.01 Å². The normalized spacial score (nSPS) is 17.6. The highest BCUT2D eigenvalue weighted by molar-refractivity contribution is 6.30. The molecule has 0 spiro atoms. The molecule has 1 aliphatic rings. The molecular formula is C17H17ClN4O. The quantitative estimate of drug-likeness (QED) is 0.868. The van der Waals surface area contributed by atoms with E-state index in [9.17, 15) is 4.79 Å². The molecule has 1 aliphatic heterocycles. The number of hydrogen-bond acceptors (Lipinski definition) is 4. The Labute approximate surface area is 140 Å². The third-order valence-electron chi connectivity index (χ3n) is 3.78. The van der Waals surface area contributed by atoms with Crippen LogP contribution in [-0.2, 0) is 11.2 Å². The second kappa shape index (κ2) is 6.08. The third kappa shape index (κ3) is 3.24. The molecule has 5 nitrogen and oxygen atoms in total. The minimum atomic E-state index is -0.291. The van der Waals surface area contributed by atoms with Crippen molar-refractivity contribution in [3.05, 3.63) is 52.3 Å². The maximum atomic E-state index is 12.7. The van der Waals surface area contributed by atoms with Crippen LogP contribution in [0, 0.1) is 19.8 Å². The van der Waals surface area contributed by atoms with Crippen LogP contribution in [0.25, 0.3) is 0 Å². The Bertz CT molecular complexity index is 765. The number of carbonyl (C=O) groups is 1. The van der Waals surface area contributed by atoms with Gasteiger partial charge in [-0.15, -0.1) is 0 Å². The summed E-state index contributed by atoms with van der Waals surface area (Å²) in [4.78, 5) is 21.4. The first-order valence-corrected chi connectivity index (χ1v) is 7.77. The molecule has 0 N–H and O–H groups in total. The predicted molar refractivity (Wildman–Crippen MR) is 90.7 cm³/mol. The van der Waals surface area contributed by atoms with E-state index in [0.29, 0.717) is 17.4 Å². The fourth-order valence-electron chi connectivity index (χ4n) is 2.64. The lowest BCUT2D eigenvalue weighted by Crippen LogP contribution is -2.29. The smallest absolute Gasteiger partial charge is 0.259 e. The highest BCUT2D eigenvalue weighted by atomic mass is 35.5. The zero-order valence-corrected chi connectivity index (χ0v) is 14.0. The first kappa shape index (κ1) is 15.6. The molecule has 0 bridgehead atoms. The van der Waals surface area contributed by atoms with E-state index in [1.807, 2.05) is 51.1 Å². The van der Waals surface area contributed by atoms with Gasteiger partial charge in [0.25, 0.3) is 11.9 Å². The lowest BCUT2D eigenvalue weighted by molar-refractivity contribution is -0.119. The van der Waals surface area contributed by atoms with Crippen molar-refractivity contribution in [2.75, 3.05) is 5.01 Å². The van der Waals surface area contributed by atoms with Gasteiger partial charge in [0.05, 0.1) is 5.92 Å². The van der Waals surface area contributed by atoms with E-state index in [0.717, 1.165) is 22.7 Å². The molecule has 1 aromatic heterocycles. The first-order chi connectivity index (χ1) is 10.9. The van der Waals surface area contributed by atoms with Gasteiger partial charge in [0.2, 0.25) is 0 Å². The van der Waals surface area contributed by atoms with Gasteiger partial charge in [0.1, 0.15) is 0 Å². The number of hydrazone groups is 1. The lowest BCUT2D eigenvalue weighted by atomic mass is 9.95. The van der Waals surface area contributed by atoms with Crippen molar-refractivity contribution in [3.8, 4) is 0 Å². The minimum Gasteiger partial charge on any atom is -0.272 e. The van der Waals surface area contributed by atoms with Crippen LogP contribution >= 0.6 is 11.6 Å². The van der Waals surface area contributed by atoms with Gasteiger partial charge in [-0.3, -0.25) is 4.79 Å². The molecule has 0 aliphatic carbocycles. The van der Waals surface area contributed by atoms with Gasteiger partial charge < -0.3 is 0 Å². The topological polar surface area (TPSA) is 58.5 Å². The van der Waals surface area contributed by atoms with Crippen LogP contribution in [0.2, 0.25) is 5.02 Å². The largest absolute Gasteiger partial charge is 0.272 e. The molecule has 1 aromatic carbocycles. The van der Waals surface area contributed by atoms with Crippen LogP contribution in [0.15, 0.2) is 35.4 Å². The monoisotopic (exact) mass is 328 g/mol. The molecule has 1 amide bonds. The van der Waals surface area contributed by atoms with Crippen molar-refractivity contribution in [3.63, 3.8) is 0 Å². The first-order valence-electron chi connectivity index (χ1n) is 7.40. The van der Waals surface area contributed by atoms with Gasteiger partial charge in [-0.05, 0) is 51.0 Å². The van der Waals surface area contributed by atoms with Crippen LogP contribution in [-0.4, -0.2) is 21.6 Å². The van der Waals surface area contributed by atoms with Gasteiger partial charge >= 0.3 is 0 Å². The highest BCUT2D eigenvalue weighted by Gasteiger charge is 2.35. The molecule has 0 saturated carbocycles. The Morgan fingerprint density at radius 2 is 1.70 bits per heavy atom. The number of aromatic nitrogens is 2. The second-order valence-corrected chi connectivity index (χ2v) is 6.16. The van der Waals surface area contributed by atoms with Crippen molar-refractivity contribution in [2.45, 2.75) is 27.2 Å². The van der Waals surface area contributed by atoms with Crippen LogP contribution in [0.5, 0.6) is 0 Å². The summed E-state index contributed by atoms with van der Waals surface area (Å²) in [5.74, 6) is -0.0477. The van der Waals surface area contributed by atoms with Crippen LogP contribution < -0.4 is 5.01 Å². The molecule has 0 saturated heterocycles. The maximum Gasteiger partial charge on any atom is 0.259 e. The average Bonchev–Trinajstić information content (AvgIpc) is 2.76. The zero-order chi connectivity index (χ0) is 16.6. The van der Waals surface area contributed by atoms with E-state index < -0.39 is 0 Å². The summed E-state index contributed by atoms with van der Waals surface area (Å²) in [5, 5.41) is 6.36. The molecule has 118 valence electrons. The summed E-state index contributed by atoms with van der Waals surface area (Å²) in [6.45, 7) is 5.61. The SMILES string of the molecule is CC1=NN(c2nc(C)cc(C)n2)C(=O)[C@H]1Cc1ccc(Cl)cc1. The Balaban J connectivity index is 1.84. The van der Waals surface area contributed by atoms with Crippen LogP contribution in [0.1, 0.15) is 23.9 Å². The summed E-state index contributed by atoms with van der Waals surface area (Å²) >= 11 is 5.90. The van der Waals surface area contributed by atoms with Gasteiger partial charge in [-0.25, -0.2) is 9.97 Å². The zero-order valence-electron chi connectivity index (χ0n) is 13.2.